The van der Waals surface area contributed by atoms with E-state index in [2.05, 4.69) is 10.2 Å². The lowest BCUT2D eigenvalue weighted by molar-refractivity contribution is -0.213. The monoisotopic (exact) mass is 535 g/mol. The van der Waals surface area contributed by atoms with Crippen molar-refractivity contribution >= 4 is 39.8 Å². The second-order valence-corrected chi connectivity index (χ2v) is 10.4. The Balaban J connectivity index is 1.63. The number of aryl methyl sites for hydroxylation is 1. The highest BCUT2D eigenvalue weighted by atomic mass is 35.5. The molecule has 0 radical (unpaired) electrons. The van der Waals surface area contributed by atoms with Crippen LogP contribution in [-0.2, 0) is 24.2 Å². The molecule has 0 atom stereocenters. The second-order valence-electron chi connectivity index (χ2n) is 9.96. The zero-order valence-electron chi connectivity index (χ0n) is 20.7. The van der Waals surface area contributed by atoms with Gasteiger partial charge in [0.25, 0.3) is 5.78 Å². The van der Waals surface area contributed by atoms with E-state index in [1.165, 1.54) is 33.1 Å². The summed E-state index contributed by atoms with van der Waals surface area (Å²) in [6.45, 7) is 3.24. The maximum Gasteiger partial charge on any atom is 0.393 e. The second kappa shape index (κ2) is 9.40. The van der Waals surface area contributed by atoms with E-state index in [0.717, 1.165) is 29.7 Å². The van der Waals surface area contributed by atoms with E-state index >= 15 is 0 Å². The van der Waals surface area contributed by atoms with Crippen LogP contribution in [0.25, 0.3) is 16.7 Å². The summed E-state index contributed by atoms with van der Waals surface area (Å²) in [6.07, 6.45) is -2.51. The molecule has 6 nitrogen and oxygen atoms in total. The molecule has 37 heavy (non-hydrogen) atoms. The smallest absolute Gasteiger partial charge is 0.377 e. The number of hydrogen-bond acceptors (Lipinski definition) is 5. The molecule has 0 unspecified atom stereocenters. The van der Waals surface area contributed by atoms with Crippen molar-refractivity contribution in [1.29, 1.82) is 0 Å². The number of alkyl halides is 3. The number of rotatable bonds is 6. The van der Waals surface area contributed by atoms with Gasteiger partial charge in [-0.15, -0.1) is 10.2 Å². The Morgan fingerprint density at radius 3 is 2.65 bits per heavy atom. The van der Waals surface area contributed by atoms with E-state index < -0.39 is 17.4 Å². The largest absolute Gasteiger partial charge is 0.393 e. The fraction of sp³-hybridized carbons (Fsp3) is 0.423. The van der Waals surface area contributed by atoms with Crippen molar-refractivity contribution in [3.63, 3.8) is 0 Å². The van der Waals surface area contributed by atoms with Crippen LogP contribution in [0.4, 0.5) is 29.1 Å². The molecule has 2 aromatic heterocycles. The third-order valence-electron chi connectivity index (χ3n) is 7.10. The number of ether oxygens (including phenoxy) is 1. The van der Waals surface area contributed by atoms with Crippen molar-refractivity contribution in [2.75, 3.05) is 18.6 Å². The first-order chi connectivity index (χ1) is 17.5. The first-order valence-electron chi connectivity index (χ1n) is 12.0. The molecule has 1 aliphatic heterocycles. The minimum absolute atomic E-state index is 0.0220. The number of hydrogen-bond donors (Lipinski definition) is 0. The average Bonchev–Trinajstić information content (AvgIpc) is 3.25. The van der Waals surface area contributed by atoms with E-state index in [-0.39, 0.29) is 18.1 Å². The highest BCUT2D eigenvalue weighted by Crippen LogP contribution is 2.43. The normalized spacial score (nSPS) is 14.5. The number of aromatic nitrogens is 4. The lowest BCUT2D eigenvalue weighted by atomic mass is 9.83. The van der Waals surface area contributed by atoms with Gasteiger partial charge in [0.1, 0.15) is 18.2 Å². The number of anilines is 2. The number of nitrogens with zero attached hydrogens (tertiary/aromatic N) is 5. The Kier molecular flexibility index (Phi) is 6.52. The Labute approximate surface area is 216 Å². The van der Waals surface area contributed by atoms with Crippen molar-refractivity contribution in [1.82, 2.24) is 19.6 Å². The number of methoxy groups -OCH3 is 1. The Bertz CT molecular complexity index is 1480. The van der Waals surface area contributed by atoms with Crippen LogP contribution in [0.15, 0.2) is 30.3 Å². The molecule has 0 fully saturated rings. The van der Waals surface area contributed by atoms with Gasteiger partial charge in [0.05, 0.1) is 16.0 Å². The van der Waals surface area contributed by atoms with Gasteiger partial charge in [0.2, 0.25) is 0 Å². The van der Waals surface area contributed by atoms with Crippen molar-refractivity contribution in [2.45, 2.75) is 52.3 Å². The van der Waals surface area contributed by atoms with Crippen molar-refractivity contribution in [3.05, 3.63) is 58.1 Å². The van der Waals surface area contributed by atoms with E-state index in [4.69, 9.17) is 21.3 Å². The van der Waals surface area contributed by atoms with Crippen LogP contribution in [0.2, 0.25) is 5.02 Å². The molecule has 0 saturated heterocycles. The minimum atomic E-state index is -4.28. The van der Waals surface area contributed by atoms with E-state index in [0.29, 0.717) is 41.3 Å². The molecule has 5 rings (SSSR count). The summed E-state index contributed by atoms with van der Waals surface area (Å²) >= 11 is 6.15. The van der Waals surface area contributed by atoms with Crippen molar-refractivity contribution in [2.24, 2.45) is 5.41 Å². The zero-order valence-corrected chi connectivity index (χ0v) is 21.4. The molecule has 0 amide bonds. The van der Waals surface area contributed by atoms with Gasteiger partial charge < -0.3 is 9.64 Å². The Morgan fingerprint density at radius 1 is 1.14 bits per heavy atom. The number of fused-ring (bicyclic) bond motifs is 4. The zero-order chi connectivity index (χ0) is 26.5. The fourth-order valence-corrected chi connectivity index (χ4v) is 5.01. The summed E-state index contributed by atoms with van der Waals surface area (Å²) in [7, 11) is 1.54. The summed E-state index contributed by atoms with van der Waals surface area (Å²) in [5, 5.41) is 8.85. The van der Waals surface area contributed by atoms with Gasteiger partial charge >= 0.3 is 6.18 Å². The van der Waals surface area contributed by atoms with Crippen LogP contribution in [0, 0.1) is 11.2 Å². The van der Waals surface area contributed by atoms with Crippen LogP contribution in [0.5, 0.6) is 0 Å². The Hall–Kier alpha value is -2.98. The lowest BCUT2D eigenvalue weighted by Gasteiger charge is -2.33. The van der Waals surface area contributed by atoms with Gasteiger partial charge in [-0.25, -0.2) is 4.39 Å². The van der Waals surface area contributed by atoms with Gasteiger partial charge in [0.15, 0.2) is 5.82 Å². The van der Waals surface area contributed by atoms with Crippen molar-refractivity contribution < 1.29 is 22.3 Å². The summed E-state index contributed by atoms with van der Waals surface area (Å²) in [5.74, 6) is 0.715. The Morgan fingerprint density at radius 2 is 1.92 bits per heavy atom. The van der Waals surface area contributed by atoms with Crippen LogP contribution in [0.1, 0.15) is 43.6 Å². The first-order valence-corrected chi connectivity index (χ1v) is 12.4. The van der Waals surface area contributed by atoms with Crippen LogP contribution in [-0.4, -0.2) is 39.4 Å². The molecule has 11 heteroatoms. The van der Waals surface area contributed by atoms with Gasteiger partial charge in [-0.05, 0) is 55.0 Å². The molecule has 2 aromatic carbocycles. The predicted molar refractivity (Wildman–Crippen MR) is 134 cm³/mol. The van der Waals surface area contributed by atoms with Gasteiger partial charge in [0, 0.05) is 24.7 Å². The highest BCUT2D eigenvalue weighted by Gasteiger charge is 2.46. The standard InChI is InChI=1S/C26H26ClF4N5O/c1-25(2,26(29,30)31)10-9-15-6-4-8-20-16(15)7-5-11-35(20)23-17-12-19(28)18(27)13-21(17)36-22(14-37-3)33-34-24(36)32-23/h4,6,8,12-13H,5,7,9-11,14H2,1-3H3. The van der Waals surface area contributed by atoms with Gasteiger partial charge in [-0.2, -0.15) is 18.2 Å². The molecule has 0 spiro atoms. The first kappa shape index (κ1) is 25.7. The third-order valence-corrected chi connectivity index (χ3v) is 7.39. The van der Waals surface area contributed by atoms with Crippen molar-refractivity contribution in [3.8, 4) is 0 Å². The molecular weight excluding hydrogens is 510 g/mol. The minimum Gasteiger partial charge on any atom is -0.377 e. The lowest BCUT2D eigenvalue weighted by Crippen LogP contribution is -2.32. The van der Waals surface area contributed by atoms with Crippen LogP contribution < -0.4 is 4.90 Å². The van der Waals surface area contributed by atoms with Gasteiger partial charge in [-0.3, -0.25) is 4.40 Å². The molecule has 0 N–H and O–H groups in total. The maximum atomic E-state index is 14.7. The maximum absolute atomic E-state index is 14.7. The van der Waals surface area contributed by atoms with Crippen LogP contribution in [0.3, 0.4) is 0 Å². The molecule has 3 heterocycles. The van der Waals surface area contributed by atoms with E-state index in [1.54, 1.807) is 4.40 Å². The third kappa shape index (κ3) is 4.50. The highest BCUT2D eigenvalue weighted by molar-refractivity contribution is 6.31. The quantitative estimate of drug-likeness (QED) is 0.253. The summed E-state index contributed by atoms with van der Waals surface area (Å²) in [5.41, 5.74) is 1.50. The predicted octanol–water partition coefficient (Wildman–Crippen LogP) is 6.82. The summed E-state index contributed by atoms with van der Waals surface area (Å²) in [6, 6.07) is 8.53. The molecule has 1 aliphatic rings. The van der Waals surface area contributed by atoms with E-state index in [9.17, 15) is 17.6 Å². The average molecular weight is 536 g/mol. The number of benzene rings is 2. The fourth-order valence-electron chi connectivity index (χ4n) is 4.85. The molecule has 196 valence electrons. The molecular formula is C26H26ClF4N5O. The van der Waals surface area contributed by atoms with Gasteiger partial charge in [-0.1, -0.05) is 37.6 Å². The topological polar surface area (TPSA) is 55.6 Å². The summed E-state index contributed by atoms with van der Waals surface area (Å²) < 4.78 is 62.0. The molecule has 0 saturated carbocycles. The molecule has 0 aliphatic carbocycles. The number of halogens is 5. The van der Waals surface area contributed by atoms with Crippen LogP contribution >= 0.6 is 11.6 Å². The summed E-state index contributed by atoms with van der Waals surface area (Å²) in [4.78, 5) is 6.73. The van der Waals surface area contributed by atoms with E-state index in [1.807, 2.05) is 23.1 Å². The SMILES string of the molecule is COCc1nnc2nc(N3CCCc4c(CCC(C)(C)C(F)(F)F)cccc43)c3cc(F)c(Cl)cc3n12. The molecule has 4 aromatic rings. The molecule has 0 bridgehead atoms.